The van der Waals surface area contributed by atoms with E-state index < -0.39 is 11.7 Å². The molecular formula is C20H12BrF3N2OS2. The lowest BCUT2D eigenvalue weighted by molar-refractivity contribution is -0.137. The van der Waals surface area contributed by atoms with Gasteiger partial charge in [-0.3, -0.25) is 9.36 Å². The van der Waals surface area contributed by atoms with Gasteiger partial charge in [-0.25, -0.2) is 4.98 Å². The van der Waals surface area contributed by atoms with Gasteiger partial charge in [-0.15, -0.1) is 11.3 Å². The first-order valence-electron chi connectivity index (χ1n) is 8.38. The molecule has 4 aromatic rings. The Kier molecular flexibility index (Phi) is 5.54. The van der Waals surface area contributed by atoms with Crippen molar-refractivity contribution >= 4 is 49.2 Å². The molecule has 0 saturated heterocycles. The van der Waals surface area contributed by atoms with Crippen molar-refractivity contribution in [2.24, 2.45) is 0 Å². The van der Waals surface area contributed by atoms with Crippen LogP contribution in [0.2, 0.25) is 0 Å². The normalized spacial score (nSPS) is 11.9. The first-order chi connectivity index (χ1) is 13.8. The van der Waals surface area contributed by atoms with Gasteiger partial charge in [-0.2, -0.15) is 13.2 Å². The molecule has 0 bridgehead atoms. The molecule has 0 unspecified atom stereocenters. The molecule has 0 aliphatic rings. The van der Waals surface area contributed by atoms with Crippen LogP contribution in [-0.2, 0) is 11.9 Å². The molecule has 3 nitrogen and oxygen atoms in total. The smallest absolute Gasteiger partial charge is 0.267 e. The van der Waals surface area contributed by atoms with E-state index in [1.165, 1.54) is 33.7 Å². The number of nitrogens with zero attached hydrogens (tertiary/aromatic N) is 2. The molecule has 0 radical (unpaired) electrons. The monoisotopic (exact) mass is 496 g/mol. The van der Waals surface area contributed by atoms with Gasteiger partial charge in [0, 0.05) is 10.2 Å². The summed E-state index contributed by atoms with van der Waals surface area (Å²) in [5.41, 5.74) is 0.848. The predicted octanol–water partition coefficient (Wildman–Crippen LogP) is 6.52. The van der Waals surface area contributed by atoms with Gasteiger partial charge in [0.2, 0.25) is 0 Å². The number of benzene rings is 2. The number of halogens is 4. The summed E-state index contributed by atoms with van der Waals surface area (Å²) in [5, 5.41) is 2.23. The molecule has 148 valence electrons. The minimum Gasteiger partial charge on any atom is -0.267 e. The number of hydrogen-bond acceptors (Lipinski definition) is 4. The van der Waals surface area contributed by atoms with Crippen LogP contribution in [0.1, 0.15) is 11.1 Å². The van der Waals surface area contributed by atoms with Gasteiger partial charge in [0.1, 0.15) is 4.70 Å². The van der Waals surface area contributed by atoms with Crippen LogP contribution in [0.25, 0.3) is 15.9 Å². The van der Waals surface area contributed by atoms with Crippen LogP contribution in [0.4, 0.5) is 13.2 Å². The van der Waals surface area contributed by atoms with Crippen LogP contribution >= 0.6 is 39.0 Å². The van der Waals surface area contributed by atoms with Crippen molar-refractivity contribution < 1.29 is 13.2 Å². The Hall–Kier alpha value is -2.10. The average molecular weight is 497 g/mol. The molecule has 0 spiro atoms. The minimum absolute atomic E-state index is 0.195. The molecule has 2 heterocycles. The van der Waals surface area contributed by atoms with Crippen LogP contribution in [0.15, 0.2) is 74.4 Å². The third kappa shape index (κ3) is 4.26. The predicted molar refractivity (Wildman–Crippen MR) is 114 cm³/mol. The zero-order chi connectivity index (χ0) is 20.6. The number of rotatable bonds is 4. The Morgan fingerprint density at radius 1 is 1.10 bits per heavy atom. The van der Waals surface area contributed by atoms with Crippen molar-refractivity contribution in [1.82, 2.24) is 9.55 Å². The highest BCUT2D eigenvalue weighted by molar-refractivity contribution is 9.10. The SMILES string of the molecule is O=c1c2sccc2nc(SCc2cccc(C(F)(F)F)c2)n1-c1ccc(Br)cc1. The van der Waals surface area contributed by atoms with Crippen molar-refractivity contribution in [3.63, 3.8) is 0 Å². The maximum absolute atomic E-state index is 13.1. The van der Waals surface area contributed by atoms with E-state index in [1.54, 1.807) is 29.6 Å². The lowest BCUT2D eigenvalue weighted by atomic mass is 10.1. The third-order valence-corrected chi connectivity index (χ3v) is 6.59. The van der Waals surface area contributed by atoms with E-state index in [4.69, 9.17) is 0 Å². The number of alkyl halides is 3. The number of thiophene rings is 1. The Morgan fingerprint density at radius 2 is 1.86 bits per heavy atom. The fourth-order valence-electron chi connectivity index (χ4n) is 2.79. The standard InChI is InChI=1S/C20H12BrF3N2OS2/c21-14-4-6-15(7-5-14)26-18(27)17-16(8-9-28-17)25-19(26)29-11-12-2-1-3-13(10-12)20(22,23)24/h1-10H,11H2. The Bertz CT molecular complexity index is 1230. The number of hydrogen-bond donors (Lipinski definition) is 0. The molecule has 0 N–H and O–H groups in total. The van der Waals surface area contributed by atoms with Crippen molar-refractivity contribution in [3.8, 4) is 5.69 Å². The summed E-state index contributed by atoms with van der Waals surface area (Å²) in [6.45, 7) is 0. The van der Waals surface area contributed by atoms with E-state index in [0.717, 1.165) is 16.6 Å². The van der Waals surface area contributed by atoms with Gasteiger partial charge in [0.25, 0.3) is 5.56 Å². The number of aromatic nitrogens is 2. The van der Waals surface area contributed by atoms with Gasteiger partial charge < -0.3 is 0 Å². The zero-order valence-electron chi connectivity index (χ0n) is 14.6. The molecule has 9 heteroatoms. The first-order valence-corrected chi connectivity index (χ1v) is 11.0. The summed E-state index contributed by atoms with van der Waals surface area (Å²) < 4.78 is 41.8. The summed E-state index contributed by atoms with van der Waals surface area (Å²) in [4.78, 5) is 17.6. The molecule has 0 aliphatic heterocycles. The van der Waals surface area contributed by atoms with E-state index in [2.05, 4.69) is 20.9 Å². The van der Waals surface area contributed by atoms with Gasteiger partial charge in [-0.05, 0) is 47.3 Å². The summed E-state index contributed by atoms with van der Waals surface area (Å²) in [7, 11) is 0. The Balaban J connectivity index is 1.74. The fraction of sp³-hybridized carbons (Fsp3) is 0.100. The largest absolute Gasteiger partial charge is 0.416 e. The lowest BCUT2D eigenvalue weighted by Crippen LogP contribution is -2.20. The maximum Gasteiger partial charge on any atom is 0.416 e. The molecule has 0 saturated carbocycles. The summed E-state index contributed by atoms with van der Waals surface area (Å²) in [6.07, 6.45) is -4.39. The van der Waals surface area contributed by atoms with Crippen LogP contribution < -0.4 is 5.56 Å². The van der Waals surface area contributed by atoms with Crippen LogP contribution in [0, 0.1) is 0 Å². The van der Waals surface area contributed by atoms with Crippen molar-refractivity contribution in [2.75, 3.05) is 0 Å². The topological polar surface area (TPSA) is 34.9 Å². The Labute approximate surface area is 180 Å². The third-order valence-electron chi connectivity index (χ3n) is 4.16. The van der Waals surface area contributed by atoms with Crippen LogP contribution in [0.3, 0.4) is 0 Å². The van der Waals surface area contributed by atoms with Gasteiger partial charge in [0.15, 0.2) is 5.16 Å². The quantitative estimate of drug-likeness (QED) is 0.238. The molecule has 0 fully saturated rings. The highest BCUT2D eigenvalue weighted by Crippen LogP contribution is 2.32. The molecule has 2 aromatic carbocycles. The molecule has 0 amide bonds. The molecule has 0 aliphatic carbocycles. The summed E-state index contributed by atoms with van der Waals surface area (Å²) in [6, 6.07) is 14.2. The Morgan fingerprint density at radius 3 is 2.59 bits per heavy atom. The van der Waals surface area contributed by atoms with Gasteiger partial charge >= 0.3 is 6.18 Å². The van der Waals surface area contributed by atoms with Crippen molar-refractivity contribution in [2.45, 2.75) is 17.1 Å². The fourth-order valence-corrected chi connectivity index (χ4v) is 4.77. The van der Waals surface area contributed by atoms with E-state index >= 15 is 0 Å². The molecular weight excluding hydrogens is 485 g/mol. The van der Waals surface area contributed by atoms with E-state index in [-0.39, 0.29) is 11.3 Å². The van der Waals surface area contributed by atoms with E-state index in [1.807, 2.05) is 12.1 Å². The second-order valence-corrected chi connectivity index (χ2v) is 8.91. The second-order valence-electron chi connectivity index (χ2n) is 6.13. The molecule has 0 atom stereocenters. The summed E-state index contributed by atoms with van der Waals surface area (Å²) >= 11 is 5.92. The zero-order valence-corrected chi connectivity index (χ0v) is 17.8. The number of thioether (sulfide) groups is 1. The highest BCUT2D eigenvalue weighted by atomic mass is 79.9. The average Bonchev–Trinajstić information content (AvgIpc) is 3.16. The molecule has 4 rings (SSSR count). The van der Waals surface area contributed by atoms with E-state index in [0.29, 0.717) is 26.6 Å². The number of fused-ring (bicyclic) bond motifs is 1. The van der Waals surface area contributed by atoms with Crippen LogP contribution in [0.5, 0.6) is 0 Å². The van der Waals surface area contributed by atoms with E-state index in [9.17, 15) is 18.0 Å². The summed E-state index contributed by atoms with van der Waals surface area (Å²) in [5.74, 6) is 0.253. The van der Waals surface area contributed by atoms with Crippen LogP contribution in [-0.4, -0.2) is 9.55 Å². The maximum atomic E-state index is 13.1. The lowest BCUT2D eigenvalue weighted by Gasteiger charge is -2.13. The van der Waals surface area contributed by atoms with Gasteiger partial charge in [0.05, 0.1) is 16.8 Å². The molecule has 29 heavy (non-hydrogen) atoms. The van der Waals surface area contributed by atoms with Crippen molar-refractivity contribution in [1.29, 1.82) is 0 Å². The highest BCUT2D eigenvalue weighted by Gasteiger charge is 2.30. The van der Waals surface area contributed by atoms with Gasteiger partial charge in [-0.1, -0.05) is 45.9 Å². The van der Waals surface area contributed by atoms with Crippen molar-refractivity contribution in [3.05, 3.63) is 85.9 Å². The minimum atomic E-state index is -4.39. The first kappa shape index (κ1) is 20.2. The second kappa shape index (κ2) is 7.97. The molecule has 2 aromatic heterocycles.